The molecule has 0 bridgehead atoms. The number of hydrogen-bond acceptors (Lipinski definition) is 4. The second kappa shape index (κ2) is 6.63. The quantitative estimate of drug-likeness (QED) is 0.710. The van der Waals surface area contributed by atoms with Gasteiger partial charge in [-0.2, -0.15) is 0 Å². The van der Waals surface area contributed by atoms with E-state index in [1.165, 1.54) is 11.8 Å². The summed E-state index contributed by atoms with van der Waals surface area (Å²) in [5, 5.41) is 20.0. The molecule has 98 valence electrons. The van der Waals surface area contributed by atoms with Crippen LogP contribution < -0.4 is 5.32 Å². The lowest BCUT2D eigenvalue weighted by Crippen LogP contribution is -2.43. The molecular formula is C11H12ClNO4S. The number of aliphatic carboxylic acids is 1. The van der Waals surface area contributed by atoms with Crippen LogP contribution in [-0.2, 0) is 4.79 Å². The van der Waals surface area contributed by atoms with Crippen LogP contribution in [0.1, 0.15) is 10.4 Å². The fourth-order valence-electron chi connectivity index (χ4n) is 1.23. The molecule has 1 aromatic rings. The average molecular weight is 290 g/mol. The van der Waals surface area contributed by atoms with E-state index >= 15 is 0 Å². The van der Waals surface area contributed by atoms with Crippen LogP contribution in [0.3, 0.4) is 0 Å². The Morgan fingerprint density at radius 1 is 1.50 bits per heavy atom. The van der Waals surface area contributed by atoms with Crippen molar-refractivity contribution >= 4 is 35.2 Å². The van der Waals surface area contributed by atoms with Crippen molar-refractivity contribution in [3.05, 3.63) is 28.8 Å². The second-order valence-corrected chi connectivity index (χ2v) is 4.68. The molecule has 3 N–H and O–H groups in total. The van der Waals surface area contributed by atoms with Gasteiger partial charge in [0.1, 0.15) is 0 Å². The van der Waals surface area contributed by atoms with Gasteiger partial charge in [-0.3, -0.25) is 4.79 Å². The highest BCUT2D eigenvalue weighted by Gasteiger charge is 2.21. The topological polar surface area (TPSA) is 86.6 Å². The number of thioether (sulfide) groups is 1. The van der Waals surface area contributed by atoms with Gasteiger partial charge in [-0.1, -0.05) is 11.6 Å². The molecule has 5 nitrogen and oxygen atoms in total. The Morgan fingerprint density at radius 2 is 2.17 bits per heavy atom. The smallest absolute Gasteiger partial charge is 0.328 e. The molecule has 0 fully saturated rings. The van der Waals surface area contributed by atoms with Crippen molar-refractivity contribution in [1.29, 1.82) is 0 Å². The van der Waals surface area contributed by atoms with Crippen molar-refractivity contribution in [3.8, 4) is 0 Å². The Labute approximate surface area is 113 Å². The summed E-state index contributed by atoms with van der Waals surface area (Å²) in [6.07, 6.45) is 1.85. The van der Waals surface area contributed by atoms with Gasteiger partial charge < -0.3 is 15.5 Å². The number of rotatable bonds is 5. The van der Waals surface area contributed by atoms with Crippen molar-refractivity contribution in [2.45, 2.75) is 10.9 Å². The van der Waals surface area contributed by atoms with E-state index in [0.29, 0.717) is 0 Å². The monoisotopic (exact) mass is 289 g/mol. The summed E-state index contributed by atoms with van der Waals surface area (Å²) >= 11 is 7.31. The molecular weight excluding hydrogens is 278 g/mol. The van der Waals surface area contributed by atoms with E-state index < -0.39 is 24.5 Å². The lowest BCUT2D eigenvalue weighted by molar-refractivity contribution is -0.140. The number of amides is 1. The van der Waals surface area contributed by atoms with E-state index in [9.17, 15) is 9.59 Å². The molecule has 0 aliphatic heterocycles. The number of halogens is 1. The molecule has 1 rings (SSSR count). The molecule has 1 atom stereocenters. The van der Waals surface area contributed by atoms with Gasteiger partial charge in [0, 0.05) is 4.90 Å². The third-order valence-corrected chi connectivity index (χ3v) is 3.26. The first-order valence-corrected chi connectivity index (χ1v) is 6.58. The third kappa shape index (κ3) is 3.63. The predicted molar refractivity (Wildman–Crippen MR) is 69.2 cm³/mol. The van der Waals surface area contributed by atoms with Gasteiger partial charge >= 0.3 is 5.97 Å². The Morgan fingerprint density at radius 3 is 2.67 bits per heavy atom. The maximum absolute atomic E-state index is 11.8. The SMILES string of the molecule is CSc1ccc(Cl)c(C(=O)N[C@H](CO)C(=O)O)c1. The van der Waals surface area contributed by atoms with E-state index in [1.807, 2.05) is 6.26 Å². The molecule has 0 heterocycles. The highest BCUT2D eigenvalue weighted by atomic mass is 35.5. The fourth-order valence-corrected chi connectivity index (χ4v) is 1.87. The number of carboxylic acid groups (broad SMARTS) is 1. The molecule has 0 saturated heterocycles. The minimum Gasteiger partial charge on any atom is -0.480 e. The number of carbonyl (C=O) groups is 2. The van der Waals surface area contributed by atoms with Crippen molar-refractivity contribution in [3.63, 3.8) is 0 Å². The van der Waals surface area contributed by atoms with Gasteiger partial charge in [-0.25, -0.2) is 4.79 Å². The molecule has 7 heteroatoms. The van der Waals surface area contributed by atoms with Gasteiger partial charge in [-0.05, 0) is 24.5 Å². The van der Waals surface area contributed by atoms with Crippen molar-refractivity contribution in [2.75, 3.05) is 12.9 Å². The van der Waals surface area contributed by atoms with Crippen LogP contribution in [0.15, 0.2) is 23.1 Å². The molecule has 1 aromatic carbocycles. The van der Waals surface area contributed by atoms with Crippen LogP contribution in [0.2, 0.25) is 5.02 Å². The summed E-state index contributed by atoms with van der Waals surface area (Å²) in [6.45, 7) is -0.680. The molecule has 0 aliphatic carbocycles. The van der Waals surface area contributed by atoms with Crippen LogP contribution in [0.25, 0.3) is 0 Å². The summed E-state index contributed by atoms with van der Waals surface area (Å²) in [4.78, 5) is 23.4. The Hall–Kier alpha value is -1.24. The maximum atomic E-state index is 11.8. The molecule has 0 aromatic heterocycles. The third-order valence-electron chi connectivity index (χ3n) is 2.20. The number of carboxylic acids is 1. The van der Waals surface area contributed by atoms with E-state index in [2.05, 4.69) is 5.32 Å². The molecule has 0 saturated carbocycles. The van der Waals surface area contributed by atoms with Gasteiger partial charge in [0.05, 0.1) is 17.2 Å². The van der Waals surface area contributed by atoms with E-state index in [-0.39, 0.29) is 10.6 Å². The minimum atomic E-state index is -1.34. The molecule has 0 radical (unpaired) electrons. The van der Waals surface area contributed by atoms with Gasteiger partial charge in [0.25, 0.3) is 5.91 Å². The first-order chi connectivity index (χ1) is 8.49. The van der Waals surface area contributed by atoms with Gasteiger partial charge in [-0.15, -0.1) is 11.8 Å². The molecule has 1 amide bonds. The number of nitrogens with one attached hydrogen (secondary N) is 1. The Balaban J connectivity index is 2.93. The predicted octanol–water partition coefficient (Wildman–Crippen LogP) is 1.24. The van der Waals surface area contributed by atoms with Crippen LogP contribution in [0.4, 0.5) is 0 Å². The van der Waals surface area contributed by atoms with Gasteiger partial charge in [0.2, 0.25) is 0 Å². The number of carbonyl (C=O) groups excluding carboxylic acids is 1. The van der Waals surface area contributed by atoms with Crippen LogP contribution in [0, 0.1) is 0 Å². The standard InChI is InChI=1S/C11H12ClNO4S/c1-18-6-2-3-8(12)7(4-6)10(15)13-9(5-14)11(16)17/h2-4,9,14H,5H2,1H3,(H,13,15)(H,16,17)/t9-/m1/s1. The van der Waals surface area contributed by atoms with Gasteiger partial charge in [0.15, 0.2) is 6.04 Å². The fraction of sp³-hybridized carbons (Fsp3) is 0.273. The molecule has 0 aliphatic rings. The first-order valence-electron chi connectivity index (χ1n) is 4.97. The first kappa shape index (κ1) is 14.8. The minimum absolute atomic E-state index is 0.184. The zero-order valence-electron chi connectivity index (χ0n) is 9.51. The van der Waals surface area contributed by atoms with Crippen LogP contribution in [-0.4, -0.2) is 41.0 Å². The summed E-state index contributed by atoms with van der Waals surface area (Å²) in [5.41, 5.74) is 0.184. The van der Waals surface area contributed by atoms with E-state index in [0.717, 1.165) is 4.90 Å². The number of hydrogen-bond donors (Lipinski definition) is 3. The maximum Gasteiger partial charge on any atom is 0.328 e. The van der Waals surface area contributed by atoms with Crippen LogP contribution >= 0.6 is 23.4 Å². The zero-order valence-corrected chi connectivity index (χ0v) is 11.1. The lowest BCUT2D eigenvalue weighted by Gasteiger charge is -2.12. The highest BCUT2D eigenvalue weighted by Crippen LogP contribution is 2.22. The molecule has 0 spiro atoms. The van der Waals surface area contributed by atoms with Crippen molar-refractivity contribution < 1.29 is 19.8 Å². The van der Waals surface area contributed by atoms with Crippen LogP contribution in [0.5, 0.6) is 0 Å². The second-order valence-electron chi connectivity index (χ2n) is 3.39. The zero-order chi connectivity index (χ0) is 13.7. The Bertz CT molecular complexity index is 466. The Kier molecular flexibility index (Phi) is 5.46. The molecule has 0 unspecified atom stereocenters. The largest absolute Gasteiger partial charge is 0.480 e. The van der Waals surface area contributed by atoms with E-state index in [1.54, 1.807) is 18.2 Å². The normalized spacial score (nSPS) is 11.9. The summed E-state index contributed by atoms with van der Waals surface area (Å²) < 4.78 is 0. The summed E-state index contributed by atoms with van der Waals surface area (Å²) in [5.74, 6) is -1.93. The van der Waals surface area contributed by atoms with Crippen molar-refractivity contribution in [1.82, 2.24) is 5.32 Å². The average Bonchev–Trinajstić information content (AvgIpc) is 2.35. The molecule has 18 heavy (non-hydrogen) atoms. The summed E-state index contributed by atoms with van der Waals surface area (Å²) in [7, 11) is 0. The highest BCUT2D eigenvalue weighted by molar-refractivity contribution is 7.98. The lowest BCUT2D eigenvalue weighted by atomic mass is 10.2. The number of aliphatic hydroxyl groups excluding tert-OH is 1. The number of aliphatic hydroxyl groups is 1. The van der Waals surface area contributed by atoms with Crippen molar-refractivity contribution in [2.24, 2.45) is 0 Å². The summed E-state index contributed by atoms with van der Waals surface area (Å²) in [6, 6.07) is 3.55. The van der Waals surface area contributed by atoms with E-state index in [4.69, 9.17) is 21.8 Å². The number of benzene rings is 1.